The fourth-order valence-electron chi connectivity index (χ4n) is 1.96. The van der Waals surface area contributed by atoms with E-state index in [9.17, 15) is 13.2 Å². The van der Waals surface area contributed by atoms with Crippen molar-refractivity contribution in [3.63, 3.8) is 0 Å². The van der Waals surface area contributed by atoms with Crippen LogP contribution in [0.2, 0.25) is 0 Å². The first kappa shape index (κ1) is 16.7. The summed E-state index contributed by atoms with van der Waals surface area (Å²) < 4.78 is 24.4. The molecule has 0 unspecified atom stereocenters. The third-order valence-electron chi connectivity index (χ3n) is 3.17. The van der Waals surface area contributed by atoms with Crippen LogP contribution in [0.25, 0.3) is 0 Å². The Morgan fingerprint density at radius 1 is 1.20 bits per heavy atom. The average Bonchev–Trinajstić information content (AvgIpc) is 2.26. The molecule has 0 saturated heterocycles. The molecule has 0 saturated carbocycles. The van der Waals surface area contributed by atoms with Crippen LogP contribution < -0.4 is 4.72 Å². The SMILES string of the molecule is CC(C)Cc1ccc(C(C)(C)C(=O)NS(C)(=O)=O)cc1. The van der Waals surface area contributed by atoms with Crippen molar-refractivity contribution < 1.29 is 13.2 Å². The molecule has 0 radical (unpaired) electrons. The first-order valence-electron chi connectivity index (χ1n) is 6.64. The largest absolute Gasteiger partial charge is 0.273 e. The van der Waals surface area contributed by atoms with Gasteiger partial charge in [0, 0.05) is 0 Å². The van der Waals surface area contributed by atoms with Crippen LogP contribution in [-0.2, 0) is 26.7 Å². The van der Waals surface area contributed by atoms with Gasteiger partial charge in [0.15, 0.2) is 0 Å². The van der Waals surface area contributed by atoms with Crippen molar-refractivity contribution in [3.05, 3.63) is 35.4 Å². The quantitative estimate of drug-likeness (QED) is 0.906. The van der Waals surface area contributed by atoms with Crippen molar-refractivity contribution in [2.24, 2.45) is 5.92 Å². The third kappa shape index (κ3) is 4.63. The highest BCUT2D eigenvalue weighted by Gasteiger charge is 2.31. The summed E-state index contributed by atoms with van der Waals surface area (Å²) in [6, 6.07) is 7.76. The van der Waals surface area contributed by atoms with E-state index in [1.807, 2.05) is 29.0 Å². The lowest BCUT2D eigenvalue weighted by molar-refractivity contribution is -0.123. The maximum atomic E-state index is 12.1. The topological polar surface area (TPSA) is 63.2 Å². The van der Waals surface area contributed by atoms with Crippen LogP contribution in [0.3, 0.4) is 0 Å². The molecule has 1 rings (SSSR count). The second-order valence-electron chi connectivity index (χ2n) is 6.12. The Hall–Kier alpha value is -1.36. The Kier molecular flexibility index (Phi) is 4.97. The van der Waals surface area contributed by atoms with E-state index < -0.39 is 21.3 Å². The molecule has 0 spiro atoms. The van der Waals surface area contributed by atoms with Gasteiger partial charge in [0.25, 0.3) is 0 Å². The normalized spacial score (nSPS) is 12.5. The standard InChI is InChI=1S/C15H23NO3S/c1-11(2)10-12-6-8-13(9-7-12)15(3,4)14(17)16-20(5,18)19/h6-9,11H,10H2,1-5H3,(H,16,17). The number of benzene rings is 1. The van der Waals surface area contributed by atoms with Crippen LogP contribution in [0.5, 0.6) is 0 Å². The van der Waals surface area contributed by atoms with Gasteiger partial charge in [0.2, 0.25) is 15.9 Å². The Morgan fingerprint density at radius 2 is 1.70 bits per heavy atom. The van der Waals surface area contributed by atoms with E-state index in [1.165, 1.54) is 5.56 Å². The minimum Gasteiger partial charge on any atom is -0.273 e. The summed E-state index contributed by atoms with van der Waals surface area (Å²) in [7, 11) is -3.54. The lowest BCUT2D eigenvalue weighted by atomic mass is 9.83. The molecule has 1 aromatic carbocycles. The molecule has 0 aromatic heterocycles. The van der Waals surface area contributed by atoms with Gasteiger partial charge >= 0.3 is 0 Å². The van der Waals surface area contributed by atoms with Crippen molar-refractivity contribution in [1.29, 1.82) is 0 Å². The zero-order valence-corrected chi connectivity index (χ0v) is 13.5. The minimum atomic E-state index is -3.54. The molecule has 0 heterocycles. The number of amides is 1. The Labute approximate surface area is 121 Å². The molecule has 0 aliphatic heterocycles. The van der Waals surface area contributed by atoms with Gasteiger partial charge in [-0.2, -0.15) is 0 Å². The molecular formula is C15H23NO3S. The van der Waals surface area contributed by atoms with Crippen molar-refractivity contribution >= 4 is 15.9 Å². The maximum Gasteiger partial charge on any atom is 0.243 e. The Balaban J connectivity index is 2.95. The summed E-state index contributed by atoms with van der Waals surface area (Å²) in [5.41, 5.74) is 1.12. The lowest BCUT2D eigenvalue weighted by Gasteiger charge is -2.24. The highest BCUT2D eigenvalue weighted by Crippen LogP contribution is 2.24. The van der Waals surface area contributed by atoms with Gasteiger partial charge < -0.3 is 0 Å². The highest BCUT2D eigenvalue weighted by atomic mass is 32.2. The van der Waals surface area contributed by atoms with Crippen molar-refractivity contribution in [1.82, 2.24) is 4.72 Å². The molecule has 1 amide bonds. The summed E-state index contributed by atoms with van der Waals surface area (Å²) in [4.78, 5) is 12.1. The van der Waals surface area contributed by atoms with Gasteiger partial charge in [-0.1, -0.05) is 38.1 Å². The van der Waals surface area contributed by atoms with Gasteiger partial charge in [-0.25, -0.2) is 8.42 Å². The third-order valence-corrected chi connectivity index (χ3v) is 3.72. The van der Waals surface area contributed by atoms with Gasteiger partial charge in [-0.05, 0) is 37.3 Å². The van der Waals surface area contributed by atoms with Crippen LogP contribution in [0, 0.1) is 5.92 Å². The predicted molar refractivity (Wildman–Crippen MR) is 81.0 cm³/mol. The second-order valence-corrected chi connectivity index (χ2v) is 7.87. The zero-order valence-electron chi connectivity index (χ0n) is 12.7. The van der Waals surface area contributed by atoms with Crippen LogP contribution >= 0.6 is 0 Å². The molecule has 20 heavy (non-hydrogen) atoms. The van der Waals surface area contributed by atoms with E-state index in [2.05, 4.69) is 13.8 Å². The van der Waals surface area contributed by atoms with Gasteiger partial charge in [-0.3, -0.25) is 9.52 Å². The van der Waals surface area contributed by atoms with E-state index >= 15 is 0 Å². The Morgan fingerprint density at radius 3 is 2.10 bits per heavy atom. The number of sulfonamides is 1. The number of nitrogens with one attached hydrogen (secondary N) is 1. The van der Waals surface area contributed by atoms with Crippen LogP contribution in [-0.4, -0.2) is 20.6 Å². The molecular weight excluding hydrogens is 274 g/mol. The first-order chi connectivity index (χ1) is 9.02. The number of carbonyl (C=O) groups excluding carboxylic acids is 1. The molecule has 0 bridgehead atoms. The number of hydrogen-bond acceptors (Lipinski definition) is 3. The highest BCUT2D eigenvalue weighted by molar-refractivity contribution is 7.89. The molecule has 0 fully saturated rings. The van der Waals surface area contributed by atoms with Crippen molar-refractivity contribution in [2.75, 3.05) is 6.26 Å². The maximum absolute atomic E-state index is 12.1. The summed E-state index contributed by atoms with van der Waals surface area (Å²) >= 11 is 0. The van der Waals surface area contributed by atoms with Crippen LogP contribution in [0.1, 0.15) is 38.8 Å². The number of carbonyl (C=O) groups is 1. The molecule has 1 N–H and O–H groups in total. The van der Waals surface area contributed by atoms with Crippen molar-refractivity contribution in [2.45, 2.75) is 39.5 Å². The fourth-order valence-corrected chi connectivity index (χ4v) is 2.55. The van der Waals surface area contributed by atoms with E-state index in [4.69, 9.17) is 0 Å². The second kappa shape index (κ2) is 5.95. The van der Waals surface area contributed by atoms with Crippen molar-refractivity contribution in [3.8, 4) is 0 Å². The molecule has 5 heteroatoms. The van der Waals surface area contributed by atoms with E-state index in [0.717, 1.165) is 18.2 Å². The van der Waals surface area contributed by atoms with E-state index in [-0.39, 0.29) is 0 Å². The first-order valence-corrected chi connectivity index (χ1v) is 8.53. The molecule has 0 atom stereocenters. The van der Waals surface area contributed by atoms with Gasteiger partial charge in [-0.15, -0.1) is 0 Å². The lowest BCUT2D eigenvalue weighted by Crippen LogP contribution is -2.42. The molecule has 1 aromatic rings. The number of hydrogen-bond donors (Lipinski definition) is 1. The Bertz CT molecular complexity index is 572. The smallest absolute Gasteiger partial charge is 0.243 e. The minimum absolute atomic E-state index is 0.517. The van der Waals surface area contributed by atoms with E-state index in [1.54, 1.807) is 13.8 Å². The van der Waals surface area contributed by atoms with E-state index in [0.29, 0.717) is 5.92 Å². The fraction of sp³-hybridized carbons (Fsp3) is 0.533. The molecule has 0 aliphatic carbocycles. The number of rotatable bonds is 5. The van der Waals surface area contributed by atoms with Gasteiger partial charge in [0.1, 0.15) is 0 Å². The predicted octanol–water partition coefficient (Wildman–Crippen LogP) is 2.24. The summed E-state index contributed by atoms with van der Waals surface area (Å²) in [5, 5.41) is 0. The monoisotopic (exact) mass is 297 g/mol. The zero-order chi connectivity index (χ0) is 15.6. The molecule has 112 valence electrons. The van der Waals surface area contributed by atoms with Gasteiger partial charge in [0.05, 0.1) is 11.7 Å². The van der Waals surface area contributed by atoms with Crippen LogP contribution in [0.4, 0.5) is 0 Å². The molecule has 0 aliphatic rings. The summed E-state index contributed by atoms with van der Waals surface area (Å²) in [5.74, 6) is 0.0546. The van der Waals surface area contributed by atoms with Crippen LogP contribution in [0.15, 0.2) is 24.3 Å². The summed E-state index contributed by atoms with van der Waals surface area (Å²) in [6.45, 7) is 7.73. The summed E-state index contributed by atoms with van der Waals surface area (Å²) in [6.07, 6.45) is 1.96. The average molecular weight is 297 g/mol. The molecule has 4 nitrogen and oxygen atoms in total.